The van der Waals surface area contributed by atoms with Crippen LogP contribution in [0.2, 0.25) is 0 Å². The average Bonchev–Trinajstić information content (AvgIpc) is 2.99. The van der Waals surface area contributed by atoms with Crippen LogP contribution < -0.4 is 15.6 Å². The van der Waals surface area contributed by atoms with Gasteiger partial charge in [-0.2, -0.15) is 0 Å². The molecule has 3 N–H and O–H groups in total. The molecule has 0 bridgehead atoms. The second kappa shape index (κ2) is 6.56. The maximum Gasteiger partial charge on any atom is 0.286 e. The van der Waals surface area contributed by atoms with Crippen LogP contribution in [-0.4, -0.2) is 23.9 Å². The number of benzene rings is 1. The zero-order valence-corrected chi connectivity index (χ0v) is 11.3. The fourth-order valence-corrected chi connectivity index (χ4v) is 1.71. The largest absolute Gasteiger partial charge is 0.494 e. The van der Waals surface area contributed by atoms with Crippen LogP contribution in [0, 0.1) is 5.82 Å². The van der Waals surface area contributed by atoms with Gasteiger partial charge >= 0.3 is 0 Å². The smallest absolute Gasteiger partial charge is 0.286 e. The Morgan fingerprint density at radius 1 is 1.29 bits per heavy atom. The van der Waals surface area contributed by atoms with Crippen molar-refractivity contribution in [1.82, 2.24) is 15.8 Å². The van der Waals surface area contributed by atoms with Crippen molar-refractivity contribution in [2.75, 3.05) is 7.11 Å². The first-order valence-electron chi connectivity index (χ1n) is 6.15. The lowest BCUT2D eigenvalue weighted by molar-refractivity contribution is -0.121. The van der Waals surface area contributed by atoms with Crippen LogP contribution in [0.1, 0.15) is 16.1 Å². The fraction of sp³-hybridized carbons (Fsp3) is 0.143. The molecule has 2 amide bonds. The Labute approximate surface area is 120 Å². The minimum absolute atomic E-state index is 0.0636. The van der Waals surface area contributed by atoms with Gasteiger partial charge in [0, 0.05) is 6.20 Å². The highest BCUT2D eigenvalue weighted by Gasteiger charge is 2.10. The molecule has 0 aliphatic rings. The van der Waals surface area contributed by atoms with Crippen LogP contribution in [0.4, 0.5) is 4.39 Å². The number of ether oxygens (including phenoxy) is 1. The van der Waals surface area contributed by atoms with Gasteiger partial charge in [0.05, 0.1) is 13.5 Å². The highest BCUT2D eigenvalue weighted by Crippen LogP contribution is 2.17. The van der Waals surface area contributed by atoms with E-state index in [1.807, 2.05) is 0 Å². The number of carbonyl (C=O) groups is 2. The van der Waals surface area contributed by atoms with E-state index in [1.54, 1.807) is 24.4 Å². The Kier molecular flexibility index (Phi) is 4.55. The van der Waals surface area contributed by atoms with Crippen LogP contribution in [-0.2, 0) is 11.2 Å². The second-order valence-corrected chi connectivity index (χ2v) is 4.23. The van der Waals surface area contributed by atoms with Gasteiger partial charge in [-0.25, -0.2) is 4.39 Å². The molecule has 1 aromatic carbocycles. The van der Waals surface area contributed by atoms with E-state index in [0.29, 0.717) is 11.3 Å². The SMILES string of the molecule is COc1ccc(CC(=O)NNC(=O)c2ccc[nH]2)cc1F. The van der Waals surface area contributed by atoms with E-state index >= 15 is 0 Å². The van der Waals surface area contributed by atoms with Gasteiger partial charge in [0.25, 0.3) is 5.91 Å². The standard InChI is InChI=1S/C14H14FN3O3/c1-21-12-5-4-9(7-10(12)15)8-13(19)17-18-14(20)11-3-2-6-16-11/h2-7,16H,8H2,1H3,(H,17,19)(H,18,20). The van der Waals surface area contributed by atoms with Crippen molar-refractivity contribution < 1.29 is 18.7 Å². The summed E-state index contributed by atoms with van der Waals surface area (Å²) in [6.45, 7) is 0. The third-order valence-electron chi connectivity index (χ3n) is 2.74. The Morgan fingerprint density at radius 3 is 2.71 bits per heavy atom. The summed E-state index contributed by atoms with van der Waals surface area (Å²) in [5.74, 6) is -1.36. The predicted octanol–water partition coefficient (Wildman–Crippen LogP) is 1.17. The summed E-state index contributed by atoms with van der Waals surface area (Å²) in [5, 5.41) is 0. The van der Waals surface area contributed by atoms with Gasteiger partial charge in [-0.3, -0.25) is 20.4 Å². The number of carbonyl (C=O) groups excluding carboxylic acids is 2. The first-order chi connectivity index (χ1) is 10.1. The number of aromatic nitrogens is 1. The van der Waals surface area contributed by atoms with Gasteiger partial charge in [-0.15, -0.1) is 0 Å². The summed E-state index contributed by atoms with van der Waals surface area (Å²) >= 11 is 0. The molecule has 0 saturated carbocycles. The molecular weight excluding hydrogens is 277 g/mol. The molecule has 2 aromatic rings. The molecule has 0 aliphatic heterocycles. The molecule has 110 valence electrons. The average molecular weight is 291 g/mol. The maximum atomic E-state index is 13.5. The molecule has 1 aromatic heterocycles. The molecular formula is C14H14FN3O3. The van der Waals surface area contributed by atoms with Gasteiger partial charge in [0.1, 0.15) is 5.69 Å². The Morgan fingerprint density at radius 2 is 2.10 bits per heavy atom. The number of hydrazine groups is 1. The van der Waals surface area contributed by atoms with E-state index in [9.17, 15) is 14.0 Å². The summed E-state index contributed by atoms with van der Waals surface area (Å²) in [6.07, 6.45) is 1.53. The first kappa shape index (κ1) is 14.6. The molecule has 2 rings (SSSR count). The molecule has 0 saturated heterocycles. The van der Waals surface area contributed by atoms with Gasteiger partial charge in [-0.05, 0) is 29.8 Å². The summed E-state index contributed by atoms with van der Waals surface area (Å²) in [6, 6.07) is 7.46. The number of nitrogens with one attached hydrogen (secondary N) is 3. The lowest BCUT2D eigenvalue weighted by atomic mass is 10.1. The topological polar surface area (TPSA) is 83.2 Å². The highest BCUT2D eigenvalue weighted by atomic mass is 19.1. The van der Waals surface area contributed by atoms with E-state index in [1.165, 1.54) is 19.2 Å². The van der Waals surface area contributed by atoms with Crippen molar-refractivity contribution in [2.45, 2.75) is 6.42 Å². The Balaban J connectivity index is 1.87. The van der Waals surface area contributed by atoms with E-state index in [0.717, 1.165) is 0 Å². The van der Waals surface area contributed by atoms with Crippen molar-refractivity contribution >= 4 is 11.8 Å². The fourth-order valence-electron chi connectivity index (χ4n) is 1.71. The number of H-pyrrole nitrogens is 1. The Bertz CT molecular complexity index is 641. The molecule has 1 heterocycles. The highest BCUT2D eigenvalue weighted by molar-refractivity contribution is 5.93. The zero-order chi connectivity index (χ0) is 15.2. The molecule has 0 radical (unpaired) electrons. The zero-order valence-electron chi connectivity index (χ0n) is 11.3. The van der Waals surface area contributed by atoms with Crippen molar-refractivity contribution in [3.63, 3.8) is 0 Å². The number of aromatic amines is 1. The quantitative estimate of drug-likeness (QED) is 0.739. The van der Waals surface area contributed by atoms with Gasteiger partial charge in [0.15, 0.2) is 11.6 Å². The molecule has 0 spiro atoms. The number of hydrogen-bond acceptors (Lipinski definition) is 3. The monoisotopic (exact) mass is 291 g/mol. The van der Waals surface area contributed by atoms with Crippen molar-refractivity contribution in [3.8, 4) is 5.75 Å². The Hall–Kier alpha value is -2.83. The number of amides is 2. The van der Waals surface area contributed by atoms with Gasteiger partial charge in [-0.1, -0.05) is 6.07 Å². The van der Waals surface area contributed by atoms with Crippen molar-refractivity contribution in [2.24, 2.45) is 0 Å². The van der Waals surface area contributed by atoms with Gasteiger partial charge in [0.2, 0.25) is 5.91 Å². The van der Waals surface area contributed by atoms with Crippen molar-refractivity contribution in [1.29, 1.82) is 0 Å². The molecule has 0 unspecified atom stereocenters. The van der Waals surface area contributed by atoms with Crippen LogP contribution in [0.3, 0.4) is 0 Å². The summed E-state index contributed by atoms with van der Waals surface area (Å²) in [7, 11) is 1.36. The maximum absolute atomic E-state index is 13.5. The number of rotatable bonds is 4. The van der Waals surface area contributed by atoms with Crippen LogP contribution >= 0.6 is 0 Å². The third kappa shape index (κ3) is 3.82. The minimum atomic E-state index is -0.543. The van der Waals surface area contributed by atoms with Crippen molar-refractivity contribution in [3.05, 3.63) is 53.6 Å². The number of hydrogen-bond donors (Lipinski definition) is 3. The molecule has 0 fully saturated rings. The normalized spacial score (nSPS) is 10.0. The molecule has 0 atom stereocenters. The summed E-state index contributed by atoms with van der Waals surface area (Å²) < 4.78 is 18.3. The number of halogens is 1. The van der Waals surface area contributed by atoms with E-state index < -0.39 is 17.6 Å². The molecule has 21 heavy (non-hydrogen) atoms. The minimum Gasteiger partial charge on any atom is -0.494 e. The number of methoxy groups -OCH3 is 1. The third-order valence-corrected chi connectivity index (χ3v) is 2.74. The lowest BCUT2D eigenvalue weighted by Gasteiger charge is -2.07. The lowest BCUT2D eigenvalue weighted by Crippen LogP contribution is -2.42. The van der Waals surface area contributed by atoms with E-state index in [-0.39, 0.29) is 12.2 Å². The van der Waals surface area contributed by atoms with E-state index in [2.05, 4.69) is 15.8 Å². The second-order valence-electron chi connectivity index (χ2n) is 4.23. The molecule has 0 aliphatic carbocycles. The first-order valence-corrected chi connectivity index (χ1v) is 6.15. The predicted molar refractivity (Wildman–Crippen MR) is 73.1 cm³/mol. The summed E-state index contributed by atoms with van der Waals surface area (Å²) in [5.41, 5.74) is 5.31. The van der Waals surface area contributed by atoms with E-state index in [4.69, 9.17) is 4.74 Å². The van der Waals surface area contributed by atoms with Crippen LogP contribution in [0.25, 0.3) is 0 Å². The van der Waals surface area contributed by atoms with Gasteiger partial charge < -0.3 is 9.72 Å². The molecule has 6 nitrogen and oxygen atoms in total. The van der Waals surface area contributed by atoms with Crippen LogP contribution in [0.5, 0.6) is 5.75 Å². The summed E-state index contributed by atoms with van der Waals surface area (Å²) in [4.78, 5) is 25.9. The molecule has 7 heteroatoms. The van der Waals surface area contributed by atoms with Crippen LogP contribution in [0.15, 0.2) is 36.5 Å².